The number of ether oxygens (including phenoxy) is 1. The van der Waals surface area contributed by atoms with Crippen LogP contribution in [0, 0.1) is 0 Å². The van der Waals surface area contributed by atoms with Gasteiger partial charge in [-0.1, -0.05) is 176 Å². The Morgan fingerprint density at radius 1 is 0.420 bits per heavy atom. The minimum Gasteiger partial charge on any atom is -0.456 e. The van der Waals surface area contributed by atoms with E-state index >= 15 is 0 Å². The Bertz CT molecular complexity index is 2580. The molecule has 2 atom stereocenters. The molecular weight excluding hydrogens is 605 g/mol. The van der Waals surface area contributed by atoms with Crippen LogP contribution < -0.4 is 4.74 Å². The van der Waals surface area contributed by atoms with E-state index in [0.29, 0.717) is 0 Å². The topological polar surface area (TPSA) is 9.23 Å². The largest absolute Gasteiger partial charge is 0.456 e. The molecule has 1 heterocycles. The van der Waals surface area contributed by atoms with Crippen LogP contribution in [-0.2, 0) is 10.8 Å². The molecule has 0 bridgehead atoms. The molecule has 1 nitrogen and oxygen atoms in total. The fraction of sp³-hybridized carbons (Fsp3) is 0.0612. The van der Waals surface area contributed by atoms with Crippen molar-refractivity contribution in [3.8, 4) is 33.8 Å². The van der Waals surface area contributed by atoms with Crippen molar-refractivity contribution in [1.29, 1.82) is 0 Å². The summed E-state index contributed by atoms with van der Waals surface area (Å²) in [5, 5.41) is 2.55. The highest BCUT2D eigenvalue weighted by Crippen LogP contribution is 2.59. The normalized spacial score (nSPS) is 18.4. The molecule has 1 heteroatoms. The fourth-order valence-electron chi connectivity index (χ4n) is 9.02. The molecule has 0 amide bonds. The van der Waals surface area contributed by atoms with Crippen molar-refractivity contribution in [2.75, 3.05) is 0 Å². The van der Waals surface area contributed by atoms with E-state index in [1.165, 1.54) is 60.8 Å². The van der Waals surface area contributed by atoms with Gasteiger partial charge in [0.25, 0.3) is 0 Å². The molecule has 0 fully saturated rings. The van der Waals surface area contributed by atoms with Crippen LogP contribution in [0.15, 0.2) is 188 Å². The average molecular weight is 639 g/mol. The molecule has 8 aromatic carbocycles. The zero-order chi connectivity index (χ0) is 33.3. The van der Waals surface area contributed by atoms with E-state index in [4.69, 9.17) is 4.74 Å². The quantitative estimate of drug-likeness (QED) is 0.186. The zero-order valence-electron chi connectivity index (χ0n) is 27.8. The van der Waals surface area contributed by atoms with Gasteiger partial charge >= 0.3 is 0 Å². The van der Waals surface area contributed by atoms with Crippen molar-refractivity contribution in [3.63, 3.8) is 0 Å². The summed E-state index contributed by atoms with van der Waals surface area (Å²) in [5.41, 5.74) is 12.7. The molecule has 0 spiro atoms. The maximum Gasteiger partial charge on any atom is 0.139 e. The van der Waals surface area contributed by atoms with Gasteiger partial charge in [0.15, 0.2) is 0 Å². The molecule has 0 saturated heterocycles. The molecule has 0 saturated carbocycles. The second-order valence-electron chi connectivity index (χ2n) is 13.7. The number of para-hydroxylation sites is 2. The van der Waals surface area contributed by atoms with Crippen LogP contribution in [0.3, 0.4) is 0 Å². The molecular formula is C49H34O. The Labute approximate surface area is 293 Å². The standard InChI is InChI=1S/C49H34O/c1-48(35-18-4-2-5-19-35)42-27-12-13-29-45(42)50-47-39(25-15-28-44(47)48)34-17-14-22-37(32-34)49(36-20-6-3-7-21-36)41-26-11-10-24-40(41)46-38-23-9-8-16-33(38)30-31-43(46)49/h2-32H,1H3. The van der Waals surface area contributed by atoms with Crippen molar-refractivity contribution in [3.05, 3.63) is 227 Å². The second kappa shape index (κ2) is 10.9. The molecule has 8 aromatic rings. The van der Waals surface area contributed by atoms with Gasteiger partial charge in [-0.25, -0.2) is 0 Å². The average Bonchev–Trinajstić information content (AvgIpc) is 3.50. The first-order valence-corrected chi connectivity index (χ1v) is 17.4. The summed E-state index contributed by atoms with van der Waals surface area (Å²) in [6.07, 6.45) is 0. The monoisotopic (exact) mass is 638 g/mol. The Balaban J connectivity index is 1.24. The zero-order valence-corrected chi connectivity index (χ0v) is 27.8. The molecule has 1 aliphatic carbocycles. The van der Waals surface area contributed by atoms with Gasteiger partial charge in [0.2, 0.25) is 0 Å². The number of rotatable bonds is 4. The lowest BCUT2D eigenvalue weighted by Crippen LogP contribution is -2.29. The van der Waals surface area contributed by atoms with E-state index in [0.717, 1.165) is 22.6 Å². The first-order valence-electron chi connectivity index (χ1n) is 17.4. The number of hydrogen-bond donors (Lipinski definition) is 0. The van der Waals surface area contributed by atoms with E-state index < -0.39 is 5.41 Å². The van der Waals surface area contributed by atoms with E-state index in [9.17, 15) is 0 Å². The highest BCUT2D eigenvalue weighted by atomic mass is 16.5. The van der Waals surface area contributed by atoms with E-state index in [2.05, 4.69) is 195 Å². The van der Waals surface area contributed by atoms with Gasteiger partial charge in [-0.05, 0) is 74.3 Å². The first kappa shape index (κ1) is 28.8. The highest BCUT2D eigenvalue weighted by molar-refractivity contribution is 6.04. The minimum absolute atomic E-state index is 0.380. The van der Waals surface area contributed by atoms with Crippen LogP contribution in [0.2, 0.25) is 0 Å². The summed E-state index contributed by atoms with van der Waals surface area (Å²) in [7, 11) is 0. The Kier molecular flexibility index (Phi) is 6.29. The fourth-order valence-corrected chi connectivity index (χ4v) is 9.02. The molecule has 1 aliphatic heterocycles. The summed E-state index contributed by atoms with van der Waals surface area (Å²) in [6, 6.07) is 68.7. The third kappa shape index (κ3) is 3.89. The number of benzene rings is 8. The number of hydrogen-bond acceptors (Lipinski definition) is 1. The molecule has 0 N–H and O–H groups in total. The third-order valence-corrected chi connectivity index (χ3v) is 11.3. The van der Waals surface area contributed by atoms with Crippen LogP contribution in [0.25, 0.3) is 33.0 Å². The van der Waals surface area contributed by atoms with Crippen LogP contribution in [0.1, 0.15) is 45.9 Å². The Morgan fingerprint density at radius 3 is 1.88 bits per heavy atom. The summed E-state index contributed by atoms with van der Waals surface area (Å²) >= 11 is 0. The first-order chi connectivity index (χ1) is 24.7. The summed E-state index contributed by atoms with van der Waals surface area (Å²) < 4.78 is 6.92. The van der Waals surface area contributed by atoms with Crippen LogP contribution in [0.5, 0.6) is 11.5 Å². The van der Waals surface area contributed by atoms with E-state index in [1.807, 2.05) is 0 Å². The maximum absolute atomic E-state index is 6.92. The molecule has 2 aliphatic rings. The third-order valence-electron chi connectivity index (χ3n) is 11.3. The smallest absolute Gasteiger partial charge is 0.139 e. The lowest BCUT2D eigenvalue weighted by Gasteiger charge is -2.39. The molecule has 0 radical (unpaired) electrons. The van der Waals surface area contributed by atoms with Gasteiger partial charge in [0.1, 0.15) is 11.5 Å². The molecule has 0 aromatic heterocycles. The Morgan fingerprint density at radius 2 is 1.04 bits per heavy atom. The Hall–Kier alpha value is -6.18. The van der Waals surface area contributed by atoms with Gasteiger partial charge in [0, 0.05) is 22.1 Å². The summed E-state index contributed by atoms with van der Waals surface area (Å²) in [5.74, 6) is 1.82. The van der Waals surface area contributed by atoms with Crippen molar-refractivity contribution in [2.24, 2.45) is 0 Å². The SMILES string of the molecule is CC1(c2ccccc2)c2ccccc2Oc2c(-c3cccc(C4(c5ccccc5)c5ccccc5-c5c4ccc4ccccc54)c3)cccc21. The number of fused-ring (bicyclic) bond motifs is 7. The predicted octanol–water partition coefficient (Wildman–Crippen LogP) is 12.3. The lowest BCUT2D eigenvalue weighted by atomic mass is 9.67. The van der Waals surface area contributed by atoms with Gasteiger partial charge in [0.05, 0.1) is 5.41 Å². The van der Waals surface area contributed by atoms with Crippen LogP contribution in [-0.4, -0.2) is 0 Å². The molecule has 10 rings (SSSR count). The van der Waals surface area contributed by atoms with Gasteiger partial charge in [-0.2, -0.15) is 0 Å². The van der Waals surface area contributed by atoms with Gasteiger partial charge in [-0.15, -0.1) is 0 Å². The predicted molar refractivity (Wildman–Crippen MR) is 205 cm³/mol. The van der Waals surface area contributed by atoms with Crippen LogP contribution >= 0.6 is 0 Å². The summed E-state index contributed by atoms with van der Waals surface area (Å²) in [6.45, 7) is 2.34. The van der Waals surface area contributed by atoms with Crippen molar-refractivity contribution >= 4 is 10.8 Å². The minimum atomic E-state index is -0.506. The molecule has 236 valence electrons. The van der Waals surface area contributed by atoms with Crippen molar-refractivity contribution in [1.82, 2.24) is 0 Å². The van der Waals surface area contributed by atoms with Crippen molar-refractivity contribution in [2.45, 2.75) is 17.8 Å². The van der Waals surface area contributed by atoms with E-state index in [-0.39, 0.29) is 5.41 Å². The summed E-state index contributed by atoms with van der Waals surface area (Å²) in [4.78, 5) is 0. The maximum atomic E-state index is 6.92. The van der Waals surface area contributed by atoms with E-state index in [1.54, 1.807) is 0 Å². The molecule has 2 unspecified atom stereocenters. The van der Waals surface area contributed by atoms with Crippen molar-refractivity contribution < 1.29 is 4.74 Å². The highest BCUT2D eigenvalue weighted by Gasteiger charge is 2.47. The lowest BCUT2D eigenvalue weighted by molar-refractivity contribution is 0.429. The van der Waals surface area contributed by atoms with Crippen LogP contribution in [0.4, 0.5) is 0 Å². The second-order valence-corrected chi connectivity index (χ2v) is 13.7. The van der Waals surface area contributed by atoms with Gasteiger partial charge < -0.3 is 4.74 Å². The van der Waals surface area contributed by atoms with Gasteiger partial charge in [-0.3, -0.25) is 0 Å². The molecule has 50 heavy (non-hydrogen) atoms.